The fourth-order valence-corrected chi connectivity index (χ4v) is 3.21. The summed E-state index contributed by atoms with van der Waals surface area (Å²) < 4.78 is 1.14. The van der Waals surface area contributed by atoms with Gasteiger partial charge in [0.05, 0.1) is 22.3 Å². The Kier molecular flexibility index (Phi) is 5.04. The first-order valence-electron chi connectivity index (χ1n) is 8.78. The Labute approximate surface area is 151 Å². The quantitative estimate of drug-likeness (QED) is 0.738. The molecular formula is C20H23N3O3. The van der Waals surface area contributed by atoms with Crippen LogP contribution in [-0.4, -0.2) is 26.2 Å². The molecule has 0 amide bonds. The molecule has 0 spiro atoms. The van der Waals surface area contributed by atoms with Gasteiger partial charge in [-0.1, -0.05) is 38.1 Å². The van der Waals surface area contributed by atoms with Crippen molar-refractivity contribution in [2.24, 2.45) is 0 Å². The normalized spacial score (nSPS) is 11.4. The Hall–Kier alpha value is -2.73. The van der Waals surface area contributed by atoms with Crippen LogP contribution in [0.3, 0.4) is 0 Å². The number of aromatic nitrogens is 3. The van der Waals surface area contributed by atoms with E-state index >= 15 is 0 Å². The third kappa shape index (κ3) is 3.20. The fraction of sp³-hybridized carbons (Fsp3) is 0.350. The van der Waals surface area contributed by atoms with Crippen molar-refractivity contribution in [2.45, 2.75) is 39.7 Å². The van der Waals surface area contributed by atoms with Crippen LogP contribution in [0.15, 0.2) is 39.9 Å². The Morgan fingerprint density at radius 1 is 1.23 bits per heavy atom. The van der Waals surface area contributed by atoms with Crippen LogP contribution in [0.25, 0.3) is 22.2 Å². The number of aromatic amines is 1. The standard InChI is InChI=1S/C20H23N3O3/c1-12(2)14-7-4-5-8-15(14)17-11-16-18(13(3)21-17)22-20(26)23(19(16)25)9-6-10-24/h4-5,7-8,11-12,24H,6,9-10H2,1-3H3,(H,22,26). The molecule has 26 heavy (non-hydrogen) atoms. The molecule has 6 nitrogen and oxygen atoms in total. The minimum absolute atomic E-state index is 0.0771. The molecule has 2 heterocycles. The second kappa shape index (κ2) is 7.25. The van der Waals surface area contributed by atoms with Gasteiger partial charge in [-0.15, -0.1) is 0 Å². The number of hydrogen-bond donors (Lipinski definition) is 2. The van der Waals surface area contributed by atoms with Gasteiger partial charge >= 0.3 is 5.69 Å². The number of aliphatic hydroxyl groups is 1. The molecule has 3 aromatic rings. The van der Waals surface area contributed by atoms with E-state index in [0.717, 1.165) is 21.4 Å². The van der Waals surface area contributed by atoms with Gasteiger partial charge < -0.3 is 10.1 Å². The van der Waals surface area contributed by atoms with E-state index in [-0.39, 0.29) is 18.7 Å². The summed E-state index contributed by atoms with van der Waals surface area (Å²) in [5.74, 6) is 0.320. The van der Waals surface area contributed by atoms with Gasteiger partial charge in [0.1, 0.15) is 0 Å². The lowest BCUT2D eigenvalue weighted by atomic mass is 9.94. The lowest BCUT2D eigenvalue weighted by molar-refractivity contribution is 0.278. The summed E-state index contributed by atoms with van der Waals surface area (Å²) >= 11 is 0. The molecule has 0 atom stereocenters. The van der Waals surface area contributed by atoms with Crippen molar-refractivity contribution in [3.63, 3.8) is 0 Å². The molecule has 0 saturated carbocycles. The van der Waals surface area contributed by atoms with Crippen molar-refractivity contribution in [1.82, 2.24) is 14.5 Å². The minimum atomic E-state index is -0.476. The predicted octanol–water partition coefficient (Wildman–Crippen LogP) is 2.57. The molecule has 0 fully saturated rings. The largest absolute Gasteiger partial charge is 0.396 e. The number of nitrogens with one attached hydrogen (secondary N) is 1. The van der Waals surface area contributed by atoms with Gasteiger partial charge in [0.15, 0.2) is 0 Å². The van der Waals surface area contributed by atoms with E-state index in [2.05, 4.69) is 29.9 Å². The Bertz CT molecular complexity index is 1060. The third-order valence-corrected chi connectivity index (χ3v) is 4.55. The van der Waals surface area contributed by atoms with Gasteiger partial charge in [-0.05, 0) is 30.9 Å². The monoisotopic (exact) mass is 353 g/mol. The number of pyridine rings is 1. The van der Waals surface area contributed by atoms with Gasteiger partial charge in [-0.2, -0.15) is 0 Å². The van der Waals surface area contributed by atoms with Crippen molar-refractivity contribution in [3.05, 3.63) is 62.4 Å². The van der Waals surface area contributed by atoms with Crippen LogP contribution in [0.1, 0.15) is 37.4 Å². The van der Waals surface area contributed by atoms with Crippen LogP contribution >= 0.6 is 0 Å². The molecule has 2 aromatic heterocycles. The predicted molar refractivity (Wildman–Crippen MR) is 103 cm³/mol. The third-order valence-electron chi connectivity index (χ3n) is 4.55. The number of benzene rings is 1. The van der Waals surface area contributed by atoms with Crippen LogP contribution < -0.4 is 11.2 Å². The van der Waals surface area contributed by atoms with Gasteiger partial charge in [-0.25, -0.2) is 4.79 Å². The van der Waals surface area contributed by atoms with Crippen molar-refractivity contribution >= 4 is 10.9 Å². The molecule has 0 unspecified atom stereocenters. The summed E-state index contributed by atoms with van der Waals surface area (Å²) in [5, 5.41) is 9.44. The zero-order valence-corrected chi connectivity index (χ0v) is 15.2. The van der Waals surface area contributed by atoms with E-state index < -0.39 is 5.69 Å². The second-order valence-corrected chi connectivity index (χ2v) is 6.72. The molecule has 136 valence electrons. The summed E-state index contributed by atoms with van der Waals surface area (Å²) in [7, 11) is 0. The Balaban J connectivity index is 2.28. The number of hydrogen-bond acceptors (Lipinski definition) is 4. The van der Waals surface area contributed by atoms with Gasteiger partial charge in [-0.3, -0.25) is 14.3 Å². The highest BCUT2D eigenvalue weighted by atomic mass is 16.3. The van der Waals surface area contributed by atoms with E-state index in [0.29, 0.717) is 28.9 Å². The molecule has 1 aromatic carbocycles. The molecule has 0 aliphatic heterocycles. The first kappa shape index (κ1) is 18.1. The van der Waals surface area contributed by atoms with Gasteiger partial charge in [0.2, 0.25) is 0 Å². The van der Waals surface area contributed by atoms with Crippen LogP contribution in [0, 0.1) is 6.92 Å². The SMILES string of the molecule is Cc1nc(-c2ccccc2C(C)C)cc2c(=O)n(CCCO)c(=O)[nH]c12. The maximum absolute atomic E-state index is 12.8. The molecular weight excluding hydrogens is 330 g/mol. The summed E-state index contributed by atoms with van der Waals surface area (Å²) in [5.41, 5.74) is 3.11. The topological polar surface area (TPSA) is 88.0 Å². The summed E-state index contributed by atoms with van der Waals surface area (Å²) in [6.45, 7) is 6.13. The fourth-order valence-electron chi connectivity index (χ4n) is 3.21. The molecule has 0 saturated heterocycles. The highest BCUT2D eigenvalue weighted by Gasteiger charge is 2.15. The van der Waals surface area contributed by atoms with E-state index in [1.165, 1.54) is 0 Å². The average molecular weight is 353 g/mol. The number of rotatable bonds is 5. The van der Waals surface area contributed by atoms with E-state index in [9.17, 15) is 9.59 Å². The number of aliphatic hydroxyl groups excluding tert-OH is 1. The molecule has 6 heteroatoms. The van der Waals surface area contributed by atoms with Crippen LogP contribution in [0.2, 0.25) is 0 Å². The average Bonchev–Trinajstić information content (AvgIpc) is 2.62. The van der Waals surface area contributed by atoms with E-state index in [1.54, 1.807) is 13.0 Å². The summed E-state index contributed by atoms with van der Waals surface area (Å²) in [6, 6.07) is 9.75. The number of aryl methyl sites for hydroxylation is 1. The number of nitrogens with zero attached hydrogens (tertiary/aromatic N) is 2. The van der Waals surface area contributed by atoms with Crippen LogP contribution in [-0.2, 0) is 6.54 Å². The molecule has 3 rings (SSSR count). The number of H-pyrrole nitrogens is 1. The summed E-state index contributed by atoms with van der Waals surface area (Å²) in [6.07, 6.45) is 0.349. The summed E-state index contributed by atoms with van der Waals surface area (Å²) in [4.78, 5) is 32.4. The van der Waals surface area contributed by atoms with E-state index in [4.69, 9.17) is 5.11 Å². The molecule has 2 N–H and O–H groups in total. The van der Waals surface area contributed by atoms with Crippen molar-refractivity contribution in [1.29, 1.82) is 0 Å². The van der Waals surface area contributed by atoms with Crippen LogP contribution in [0.5, 0.6) is 0 Å². The Morgan fingerprint density at radius 3 is 2.65 bits per heavy atom. The second-order valence-electron chi connectivity index (χ2n) is 6.72. The number of fused-ring (bicyclic) bond motifs is 1. The first-order valence-corrected chi connectivity index (χ1v) is 8.78. The maximum atomic E-state index is 12.8. The minimum Gasteiger partial charge on any atom is -0.396 e. The highest BCUT2D eigenvalue weighted by Crippen LogP contribution is 2.29. The van der Waals surface area contributed by atoms with Crippen LogP contribution in [0.4, 0.5) is 0 Å². The van der Waals surface area contributed by atoms with E-state index in [1.807, 2.05) is 18.2 Å². The zero-order chi connectivity index (χ0) is 18.8. The first-order chi connectivity index (χ1) is 12.4. The van der Waals surface area contributed by atoms with Crippen molar-refractivity contribution < 1.29 is 5.11 Å². The smallest absolute Gasteiger partial charge is 0.328 e. The molecule has 0 aliphatic rings. The van der Waals surface area contributed by atoms with Crippen molar-refractivity contribution in [2.75, 3.05) is 6.61 Å². The molecule has 0 aliphatic carbocycles. The van der Waals surface area contributed by atoms with Crippen molar-refractivity contribution in [3.8, 4) is 11.3 Å². The zero-order valence-electron chi connectivity index (χ0n) is 15.2. The Morgan fingerprint density at radius 2 is 1.96 bits per heavy atom. The maximum Gasteiger partial charge on any atom is 0.328 e. The molecule has 0 bridgehead atoms. The van der Waals surface area contributed by atoms with Gasteiger partial charge in [0, 0.05) is 18.7 Å². The molecule has 0 radical (unpaired) electrons. The lowest BCUT2D eigenvalue weighted by Gasteiger charge is -2.14. The lowest BCUT2D eigenvalue weighted by Crippen LogP contribution is -2.35. The highest BCUT2D eigenvalue weighted by molar-refractivity contribution is 5.84. The van der Waals surface area contributed by atoms with Gasteiger partial charge in [0.25, 0.3) is 5.56 Å².